The van der Waals surface area contributed by atoms with Gasteiger partial charge in [-0.2, -0.15) is 0 Å². The zero-order valence-electron chi connectivity index (χ0n) is 12.0. The molecule has 0 N–H and O–H groups in total. The Bertz CT molecular complexity index is 146. The largest absolute Gasteiger partial charge is 0.380 e. The molecule has 2 nitrogen and oxygen atoms in total. The average Bonchev–Trinajstić information content (AvgIpc) is 2.14. The van der Waals surface area contributed by atoms with Crippen molar-refractivity contribution in [3.05, 3.63) is 0 Å². The third kappa shape index (κ3) is 12.0. The van der Waals surface area contributed by atoms with Gasteiger partial charge in [-0.1, -0.05) is 40.5 Å². The van der Waals surface area contributed by atoms with E-state index >= 15 is 0 Å². The van der Waals surface area contributed by atoms with Crippen LogP contribution in [0.15, 0.2) is 0 Å². The molecule has 0 unspecified atom stereocenters. The minimum atomic E-state index is 0.746. The summed E-state index contributed by atoms with van der Waals surface area (Å²) in [5, 5.41) is 0. The predicted octanol–water partition coefficient (Wildman–Crippen LogP) is 3.42. The second kappa shape index (κ2) is 10.1. The summed E-state index contributed by atoms with van der Waals surface area (Å²) in [6.45, 7) is 13.1. The molecule has 0 amide bonds. The van der Waals surface area contributed by atoms with Gasteiger partial charge >= 0.3 is 0 Å². The summed E-state index contributed by atoms with van der Waals surface area (Å²) in [5.41, 5.74) is 0. The predicted molar refractivity (Wildman–Crippen MR) is 71.8 cm³/mol. The quantitative estimate of drug-likeness (QED) is 0.532. The van der Waals surface area contributed by atoms with E-state index in [9.17, 15) is 0 Å². The molecule has 0 rings (SSSR count). The topological polar surface area (TPSA) is 12.5 Å². The number of hydrogen-bond acceptors (Lipinski definition) is 2. The van der Waals surface area contributed by atoms with Gasteiger partial charge in [-0.05, 0) is 25.3 Å². The van der Waals surface area contributed by atoms with Gasteiger partial charge < -0.3 is 9.64 Å². The molecule has 98 valence electrons. The first-order valence-corrected chi connectivity index (χ1v) is 6.78. The Kier molecular flexibility index (Phi) is 10.0. The van der Waals surface area contributed by atoms with E-state index in [1.807, 2.05) is 0 Å². The summed E-state index contributed by atoms with van der Waals surface area (Å²) >= 11 is 0. The molecule has 0 aliphatic carbocycles. The van der Waals surface area contributed by atoms with E-state index in [4.69, 9.17) is 4.74 Å². The monoisotopic (exact) mass is 229 g/mol. The maximum atomic E-state index is 5.63. The van der Waals surface area contributed by atoms with Gasteiger partial charge in [-0.25, -0.2) is 0 Å². The Hall–Kier alpha value is -0.0800. The van der Waals surface area contributed by atoms with Crippen LogP contribution in [0.25, 0.3) is 0 Å². The first kappa shape index (κ1) is 15.9. The van der Waals surface area contributed by atoms with Crippen LogP contribution in [0, 0.1) is 11.8 Å². The molecule has 16 heavy (non-hydrogen) atoms. The number of likely N-dealkylation sites (N-methyl/N-ethyl adjacent to an activating group) is 1. The molecule has 0 bridgehead atoms. The van der Waals surface area contributed by atoms with Crippen LogP contribution in [0.5, 0.6) is 0 Å². The fraction of sp³-hybridized carbons (Fsp3) is 1.00. The number of hydrogen-bond donors (Lipinski definition) is 0. The molecule has 0 spiro atoms. The van der Waals surface area contributed by atoms with E-state index < -0.39 is 0 Å². The van der Waals surface area contributed by atoms with Crippen LogP contribution in [-0.4, -0.2) is 38.3 Å². The SMILES string of the molecule is CC(C)CCCCOCCN(C)CC(C)C. The third-order valence-electron chi connectivity index (χ3n) is 2.61. The first-order chi connectivity index (χ1) is 7.52. The molecule has 0 aromatic heterocycles. The van der Waals surface area contributed by atoms with E-state index in [2.05, 4.69) is 39.6 Å². The standard InChI is InChI=1S/C14H31NO/c1-13(2)8-6-7-10-16-11-9-15(5)12-14(3)4/h13-14H,6-12H2,1-5H3. The summed E-state index contributed by atoms with van der Waals surface area (Å²) in [6, 6.07) is 0. The van der Waals surface area contributed by atoms with Crippen molar-refractivity contribution in [3.63, 3.8) is 0 Å². The Balaban J connectivity index is 3.14. The van der Waals surface area contributed by atoms with Crippen LogP contribution in [0.4, 0.5) is 0 Å². The van der Waals surface area contributed by atoms with Crippen LogP contribution in [0.2, 0.25) is 0 Å². The van der Waals surface area contributed by atoms with E-state index in [0.29, 0.717) is 0 Å². The molecule has 0 saturated heterocycles. The maximum Gasteiger partial charge on any atom is 0.0593 e. The lowest BCUT2D eigenvalue weighted by Crippen LogP contribution is -2.27. The molecule has 0 fully saturated rings. The van der Waals surface area contributed by atoms with Gasteiger partial charge in [0.15, 0.2) is 0 Å². The van der Waals surface area contributed by atoms with Crippen molar-refractivity contribution in [1.82, 2.24) is 4.90 Å². The summed E-state index contributed by atoms with van der Waals surface area (Å²) < 4.78 is 5.63. The van der Waals surface area contributed by atoms with Gasteiger partial charge in [0.1, 0.15) is 0 Å². The minimum Gasteiger partial charge on any atom is -0.380 e. The highest BCUT2D eigenvalue weighted by molar-refractivity contribution is 4.54. The average molecular weight is 229 g/mol. The first-order valence-electron chi connectivity index (χ1n) is 6.78. The molecule has 0 radical (unpaired) electrons. The lowest BCUT2D eigenvalue weighted by Gasteiger charge is -2.18. The molecule has 0 saturated carbocycles. The van der Waals surface area contributed by atoms with E-state index in [1.54, 1.807) is 0 Å². The summed E-state index contributed by atoms with van der Waals surface area (Å²) in [5.74, 6) is 1.58. The van der Waals surface area contributed by atoms with E-state index in [-0.39, 0.29) is 0 Å². The van der Waals surface area contributed by atoms with Crippen LogP contribution >= 0.6 is 0 Å². The lowest BCUT2D eigenvalue weighted by atomic mass is 10.1. The summed E-state index contributed by atoms with van der Waals surface area (Å²) in [6.07, 6.45) is 3.85. The highest BCUT2D eigenvalue weighted by atomic mass is 16.5. The minimum absolute atomic E-state index is 0.746. The number of rotatable bonds is 10. The molecule has 0 heterocycles. The molecule has 2 heteroatoms. The smallest absolute Gasteiger partial charge is 0.0593 e. The van der Waals surface area contributed by atoms with E-state index in [1.165, 1.54) is 19.3 Å². The van der Waals surface area contributed by atoms with E-state index in [0.717, 1.165) is 38.1 Å². The van der Waals surface area contributed by atoms with Gasteiger partial charge in [-0.15, -0.1) is 0 Å². The number of ether oxygens (including phenoxy) is 1. The molecule has 0 aliphatic rings. The third-order valence-corrected chi connectivity index (χ3v) is 2.61. The second-order valence-corrected chi connectivity index (χ2v) is 5.66. The Labute approximate surface area is 102 Å². The molecule has 0 aliphatic heterocycles. The number of nitrogens with zero attached hydrogens (tertiary/aromatic N) is 1. The van der Waals surface area contributed by atoms with Crippen molar-refractivity contribution in [2.45, 2.75) is 47.0 Å². The highest BCUT2D eigenvalue weighted by Gasteiger charge is 2.01. The number of unbranched alkanes of at least 4 members (excludes halogenated alkanes) is 1. The Morgan fingerprint density at radius 3 is 2.19 bits per heavy atom. The molecular weight excluding hydrogens is 198 g/mol. The van der Waals surface area contributed by atoms with Crippen molar-refractivity contribution in [1.29, 1.82) is 0 Å². The Morgan fingerprint density at radius 2 is 1.62 bits per heavy atom. The zero-order valence-corrected chi connectivity index (χ0v) is 12.0. The van der Waals surface area contributed by atoms with Crippen LogP contribution < -0.4 is 0 Å². The second-order valence-electron chi connectivity index (χ2n) is 5.66. The van der Waals surface area contributed by atoms with Gasteiger partial charge in [0.25, 0.3) is 0 Å². The maximum absolute atomic E-state index is 5.63. The fourth-order valence-corrected chi connectivity index (χ4v) is 1.79. The van der Waals surface area contributed by atoms with Crippen molar-refractivity contribution in [2.24, 2.45) is 11.8 Å². The summed E-state index contributed by atoms with van der Waals surface area (Å²) in [7, 11) is 2.17. The van der Waals surface area contributed by atoms with Crippen LogP contribution in [0.3, 0.4) is 0 Å². The molecule has 0 aromatic rings. The van der Waals surface area contributed by atoms with Gasteiger partial charge in [0.2, 0.25) is 0 Å². The lowest BCUT2D eigenvalue weighted by molar-refractivity contribution is 0.105. The molecule has 0 atom stereocenters. The van der Waals surface area contributed by atoms with Crippen molar-refractivity contribution in [3.8, 4) is 0 Å². The van der Waals surface area contributed by atoms with Gasteiger partial charge in [0, 0.05) is 19.7 Å². The summed E-state index contributed by atoms with van der Waals surface area (Å²) in [4.78, 5) is 2.35. The van der Waals surface area contributed by atoms with Gasteiger partial charge in [0.05, 0.1) is 6.61 Å². The van der Waals surface area contributed by atoms with Crippen molar-refractivity contribution >= 4 is 0 Å². The van der Waals surface area contributed by atoms with Crippen molar-refractivity contribution in [2.75, 3.05) is 33.4 Å². The fourth-order valence-electron chi connectivity index (χ4n) is 1.79. The Morgan fingerprint density at radius 1 is 0.938 bits per heavy atom. The van der Waals surface area contributed by atoms with Gasteiger partial charge in [-0.3, -0.25) is 0 Å². The highest BCUT2D eigenvalue weighted by Crippen LogP contribution is 2.05. The normalized spacial score (nSPS) is 12.0. The van der Waals surface area contributed by atoms with Crippen molar-refractivity contribution < 1.29 is 4.74 Å². The van der Waals surface area contributed by atoms with Crippen LogP contribution in [0.1, 0.15) is 47.0 Å². The molecule has 0 aromatic carbocycles. The van der Waals surface area contributed by atoms with Crippen LogP contribution in [-0.2, 0) is 4.74 Å². The molecular formula is C14H31NO. The zero-order chi connectivity index (χ0) is 12.4.